The van der Waals surface area contributed by atoms with E-state index in [4.69, 9.17) is 15.0 Å². The zero-order chi connectivity index (χ0) is 14.5. The quantitative estimate of drug-likeness (QED) is 0.651. The van der Waals surface area contributed by atoms with Gasteiger partial charge in [-0.15, -0.1) is 11.8 Å². The fraction of sp³-hybridized carbons (Fsp3) is 0.429. The monoisotopic (exact) mass is 293 g/mol. The summed E-state index contributed by atoms with van der Waals surface area (Å²) in [7, 11) is 1.64. The number of hydrogen-bond acceptors (Lipinski definition) is 6. The molecule has 1 aromatic heterocycles. The van der Waals surface area contributed by atoms with Crippen molar-refractivity contribution in [2.75, 3.05) is 12.8 Å². The number of anilines is 1. The van der Waals surface area contributed by atoms with E-state index in [0.717, 1.165) is 22.8 Å². The highest BCUT2D eigenvalue weighted by Gasteiger charge is 2.10. The van der Waals surface area contributed by atoms with Crippen LogP contribution >= 0.6 is 11.8 Å². The van der Waals surface area contributed by atoms with E-state index in [1.54, 1.807) is 18.9 Å². The maximum atomic E-state index is 5.94. The van der Waals surface area contributed by atoms with E-state index in [-0.39, 0.29) is 0 Å². The average molecular weight is 293 g/mol. The molecule has 6 heteroatoms. The molecule has 0 unspecified atom stereocenters. The van der Waals surface area contributed by atoms with Crippen molar-refractivity contribution in [3.63, 3.8) is 0 Å². The SMILES string of the molecule is COc1ccc(N)c(SCc2noc(CC(C)C)n2)c1. The molecule has 20 heavy (non-hydrogen) atoms. The minimum Gasteiger partial charge on any atom is -0.497 e. The third kappa shape index (κ3) is 3.90. The van der Waals surface area contributed by atoms with Crippen LogP contribution in [0.15, 0.2) is 27.6 Å². The largest absolute Gasteiger partial charge is 0.497 e. The molecule has 0 saturated carbocycles. The Kier molecular flexibility index (Phi) is 4.89. The molecule has 0 radical (unpaired) electrons. The van der Waals surface area contributed by atoms with Crippen molar-refractivity contribution < 1.29 is 9.26 Å². The van der Waals surface area contributed by atoms with Crippen molar-refractivity contribution in [1.29, 1.82) is 0 Å². The van der Waals surface area contributed by atoms with Gasteiger partial charge in [0.15, 0.2) is 5.82 Å². The predicted octanol–water partition coefficient (Wildman–Crippen LogP) is 3.15. The Bertz CT molecular complexity index is 569. The van der Waals surface area contributed by atoms with E-state index < -0.39 is 0 Å². The number of methoxy groups -OCH3 is 1. The first-order chi connectivity index (χ1) is 9.58. The second-order valence-corrected chi connectivity index (χ2v) is 5.91. The van der Waals surface area contributed by atoms with Crippen LogP contribution in [0.4, 0.5) is 5.69 Å². The van der Waals surface area contributed by atoms with E-state index >= 15 is 0 Å². The minimum atomic E-state index is 0.505. The van der Waals surface area contributed by atoms with Crippen LogP contribution in [-0.2, 0) is 12.2 Å². The number of rotatable bonds is 6. The van der Waals surface area contributed by atoms with Crippen molar-refractivity contribution in [1.82, 2.24) is 10.1 Å². The first-order valence-corrected chi connectivity index (χ1v) is 7.45. The summed E-state index contributed by atoms with van der Waals surface area (Å²) in [6, 6.07) is 5.59. The Morgan fingerprint density at radius 3 is 2.90 bits per heavy atom. The van der Waals surface area contributed by atoms with E-state index in [9.17, 15) is 0 Å². The third-order valence-corrected chi connectivity index (χ3v) is 3.74. The molecule has 0 aliphatic heterocycles. The molecule has 0 aliphatic carbocycles. The summed E-state index contributed by atoms with van der Waals surface area (Å²) in [6.07, 6.45) is 0.805. The molecule has 0 atom stereocenters. The third-order valence-electron chi connectivity index (χ3n) is 2.67. The van der Waals surface area contributed by atoms with Gasteiger partial charge >= 0.3 is 0 Å². The second kappa shape index (κ2) is 6.65. The number of nitrogens with two attached hydrogens (primary N) is 1. The minimum absolute atomic E-state index is 0.505. The molecule has 0 bridgehead atoms. The molecule has 0 aliphatic rings. The molecular weight excluding hydrogens is 274 g/mol. The normalized spacial score (nSPS) is 11.0. The maximum absolute atomic E-state index is 5.94. The summed E-state index contributed by atoms with van der Waals surface area (Å²) in [5.41, 5.74) is 6.66. The summed E-state index contributed by atoms with van der Waals surface area (Å²) in [4.78, 5) is 5.32. The van der Waals surface area contributed by atoms with Crippen molar-refractivity contribution in [2.24, 2.45) is 5.92 Å². The molecule has 2 rings (SSSR count). The van der Waals surface area contributed by atoms with E-state index in [2.05, 4.69) is 24.0 Å². The van der Waals surface area contributed by atoms with Crippen LogP contribution in [0.3, 0.4) is 0 Å². The predicted molar refractivity (Wildman–Crippen MR) is 79.8 cm³/mol. The number of nitrogen functional groups attached to an aromatic ring is 1. The molecule has 1 heterocycles. The molecule has 0 spiro atoms. The maximum Gasteiger partial charge on any atom is 0.226 e. The molecule has 5 nitrogen and oxygen atoms in total. The number of hydrogen-bond donors (Lipinski definition) is 1. The highest BCUT2D eigenvalue weighted by Crippen LogP contribution is 2.30. The van der Waals surface area contributed by atoms with Crippen LogP contribution in [0.5, 0.6) is 5.75 Å². The Morgan fingerprint density at radius 2 is 2.20 bits per heavy atom. The van der Waals surface area contributed by atoms with Gasteiger partial charge in [0, 0.05) is 17.0 Å². The molecule has 0 amide bonds. The fourth-order valence-corrected chi connectivity index (χ4v) is 2.53. The smallest absolute Gasteiger partial charge is 0.226 e. The molecule has 1 aromatic carbocycles. The van der Waals surface area contributed by atoms with Crippen molar-refractivity contribution in [3.05, 3.63) is 29.9 Å². The van der Waals surface area contributed by atoms with Gasteiger partial charge in [-0.1, -0.05) is 19.0 Å². The average Bonchev–Trinajstić information content (AvgIpc) is 2.84. The van der Waals surface area contributed by atoms with Crippen LogP contribution in [0.2, 0.25) is 0 Å². The number of nitrogens with zero attached hydrogens (tertiary/aromatic N) is 2. The molecule has 0 saturated heterocycles. The zero-order valence-electron chi connectivity index (χ0n) is 11.9. The van der Waals surface area contributed by atoms with Gasteiger partial charge in [0.05, 0.1) is 12.9 Å². The molecular formula is C14H19N3O2S. The topological polar surface area (TPSA) is 74.2 Å². The van der Waals surface area contributed by atoms with Crippen molar-refractivity contribution >= 4 is 17.4 Å². The Labute approximate surface area is 122 Å². The lowest BCUT2D eigenvalue weighted by molar-refractivity contribution is 0.360. The summed E-state index contributed by atoms with van der Waals surface area (Å²) >= 11 is 1.57. The Hall–Kier alpha value is -1.69. The number of benzene rings is 1. The first-order valence-electron chi connectivity index (χ1n) is 6.46. The standard InChI is InChI=1S/C14H19N3O2S/c1-9(2)6-14-16-13(17-19-14)8-20-12-7-10(18-3)4-5-11(12)15/h4-5,7,9H,6,8,15H2,1-3H3. The van der Waals surface area contributed by atoms with Crippen molar-refractivity contribution in [3.8, 4) is 5.75 Å². The molecule has 2 N–H and O–H groups in total. The van der Waals surface area contributed by atoms with Crippen LogP contribution in [0, 0.1) is 5.92 Å². The van der Waals surface area contributed by atoms with E-state index in [0.29, 0.717) is 23.4 Å². The lowest BCUT2D eigenvalue weighted by Gasteiger charge is -2.06. The number of thioether (sulfide) groups is 1. The summed E-state index contributed by atoms with van der Waals surface area (Å²) in [5.74, 6) is 3.29. The molecule has 2 aromatic rings. The zero-order valence-corrected chi connectivity index (χ0v) is 12.7. The van der Waals surface area contributed by atoms with Gasteiger partial charge in [0.1, 0.15) is 5.75 Å². The van der Waals surface area contributed by atoms with Gasteiger partial charge in [-0.3, -0.25) is 0 Å². The van der Waals surface area contributed by atoms with Gasteiger partial charge < -0.3 is 15.0 Å². The van der Waals surface area contributed by atoms with Gasteiger partial charge in [0.25, 0.3) is 0 Å². The Morgan fingerprint density at radius 1 is 1.40 bits per heavy atom. The number of aromatic nitrogens is 2. The summed E-state index contributed by atoms with van der Waals surface area (Å²) in [6.45, 7) is 4.24. The Balaban J connectivity index is 1.99. The highest BCUT2D eigenvalue weighted by molar-refractivity contribution is 7.98. The number of ether oxygens (including phenoxy) is 1. The summed E-state index contributed by atoms with van der Waals surface area (Å²) in [5, 5.41) is 3.98. The van der Waals surface area contributed by atoms with Crippen LogP contribution in [-0.4, -0.2) is 17.3 Å². The first kappa shape index (κ1) is 14.7. The van der Waals surface area contributed by atoms with Gasteiger partial charge in [0.2, 0.25) is 5.89 Å². The lowest BCUT2D eigenvalue weighted by atomic mass is 10.1. The van der Waals surface area contributed by atoms with Crippen molar-refractivity contribution in [2.45, 2.75) is 30.9 Å². The molecule has 108 valence electrons. The fourth-order valence-electron chi connectivity index (χ4n) is 1.69. The van der Waals surface area contributed by atoms with E-state index in [1.165, 1.54) is 0 Å². The van der Waals surface area contributed by atoms with Gasteiger partial charge in [-0.25, -0.2) is 0 Å². The second-order valence-electron chi connectivity index (χ2n) is 4.89. The van der Waals surface area contributed by atoms with Gasteiger partial charge in [-0.2, -0.15) is 4.98 Å². The summed E-state index contributed by atoms with van der Waals surface area (Å²) < 4.78 is 10.4. The lowest BCUT2D eigenvalue weighted by Crippen LogP contribution is -1.94. The molecule has 0 fully saturated rings. The van der Waals surface area contributed by atoms with Gasteiger partial charge in [-0.05, 0) is 24.1 Å². The highest BCUT2D eigenvalue weighted by atomic mass is 32.2. The van der Waals surface area contributed by atoms with E-state index in [1.807, 2.05) is 18.2 Å². The van der Waals surface area contributed by atoms with Crippen LogP contribution < -0.4 is 10.5 Å². The van der Waals surface area contributed by atoms with Crippen LogP contribution in [0.25, 0.3) is 0 Å². The van der Waals surface area contributed by atoms with Crippen LogP contribution in [0.1, 0.15) is 25.6 Å².